The van der Waals surface area contributed by atoms with E-state index in [1.807, 2.05) is 23.1 Å². The lowest BCUT2D eigenvalue weighted by atomic mass is 10.2. The summed E-state index contributed by atoms with van der Waals surface area (Å²) in [6, 6.07) is 0.528. The van der Waals surface area contributed by atoms with E-state index >= 15 is 0 Å². The van der Waals surface area contributed by atoms with Crippen LogP contribution < -0.4 is 5.32 Å². The van der Waals surface area contributed by atoms with E-state index in [9.17, 15) is 0 Å². The van der Waals surface area contributed by atoms with Crippen molar-refractivity contribution in [2.24, 2.45) is 5.92 Å². The Balaban J connectivity index is 1.82. The molecule has 1 aromatic rings. The Morgan fingerprint density at radius 2 is 2.50 bits per heavy atom. The molecule has 0 bridgehead atoms. The van der Waals surface area contributed by atoms with Crippen molar-refractivity contribution in [1.82, 2.24) is 10.3 Å². The van der Waals surface area contributed by atoms with Crippen molar-refractivity contribution in [3.05, 3.63) is 16.1 Å². The Hall–Kier alpha value is -0.0600. The van der Waals surface area contributed by atoms with Gasteiger partial charge in [-0.2, -0.15) is 11.8 Å². The van der Waals surface area contributed by atoms with Gasteiger partial charge in [-0.3, -0.25) is 0 Å². The molecule has 0 saturated carbocycles. The summed E-state index contributed by atoms with van der Waals surface area (Å²) in [5, 5.41) is 7.01. The summed E-state index contributed by atoms with van der Waals surface area (Å²) in [7, 11) is 0. The molecule has 1 aliphatic rings. The highest BCUT2D eigenvalue weighted by atomic mass is 32.2. The fourth-order valence-electron chi connectivity index (χ4n) is 1.87. The molecule has 1 saturated heterocycles. The Morgan fingerprint density at radius 1 is 1.62 bits per heavy atom. The molecular weight excluding hydrogens is 236 g/mol. The molecular formula is C12H20N2S2. The van der Waals surface area contributed by atoms with Crippen LogP contribution >= 0.6 is 23.1 Å². The van der Waals surface area contributed by atoms with Crippen molar-refractivity contribution in [1.29, 1.82) is 0 Å². The first kappa shape index (κ1) is 12.4. The summed E-state index contributed by atoms with van der Waals surface area (Å²) < 4.78 is 0. The highest BCUT2D eigenvalue weighted by Crippen LogP contribution is 2.26. The molecule has 1 N–H and O–H groups in total. The summed E-state index contributed by atoms with van der Waals surface area (Å²) >= 11 is 3.81. The van der Waals surface area contributed by atoms with Crippen molar-refractivity contribution >= 4 is 23.1 Å². The predicted molar refractivity (Wildman–Crippen MR) is 73.1 cm³/mol. The minimum absolute atomic E-state index is 0.528. The fraction of sp³-hybridized carbons (Fsp3) is 0.750. The second-order valence-electron chi connectivity index (χ2n) is 4.72. The number of hydrogen-bond donors (Lipinski definition) is 1. The van der Waals surface area contributed by atoms with Crippen LogP contribution in [0.4, 0.5) is 0 Å². The molecule has 2 nitrogen and oxygen atoms in total. The maximum absolute atomic E-state index is 4.72. The van der Waals surface area contributed by atoms with Crippen molar-refractivity contribution in [2.45, 2.75) is 38.5 Å². The number of hydrogen-bond acceptors (Lipinski definition) is 4. The molecule has 0 aromatic carbocycles. The van der Waals surface area contributed by atoms with Gasteiger partial charge in [-0.1, -0.05) is 13.8 Å². The highest BCUT2D eigenvalue weighted by Gasteiger charge is 2.18. The van der Waals surface area contributed by atoms with E-state index in [1.165, 1.54) is 29.3 Å². The van der Waals surface area contributed by atoms with Gasteiger partial charge >= 0.3 is 0 Å². The zero-order valence-electron chi connectivity index (χ0n) is 10.0. The maximum Gasteiger partial charge on any atom is 0.103 e. The van der Waals surface area contributed by atoms with Crippen LogP contribution in [0.2, 0.25) is 0 Å². The van der Waals surface area contributed by atoms with Gasteiger partial charge in [0.1, 0.15) is 5.01 Å². The average Bonchev–Trinajstić information content (AvgIpc) is 2.85. The van der Waals surface area contributed by atoms with Crippen LogP contribution in [-0.2, 0) is 5.75 Å². The summed E-state index contributed by atoms with van der Waals surface area (Å²) in [5.41, 5.74) is 1.27. The minimum atomic E-state index is 0.528. The van der Waals surface area contributed by atoms with Gasteiger partial charge in [0, 0.05) is 11.1 Å². The topological polar surface area (TPSA) is 24.9 Å². The zero-order valence-corrected chi connectivity index (χ0v) is 11.7. The van der Waals surface area contributed by atoms with E-state index in [0.29, 0.717) is 6.04 Å². The maximum atomic E-state index is 4.72. The first-order chi connectivity index (χ1) is 7.75. The van der Waals surface area contributed by atoms with Gasteiger partial charge in [0.25, 0.3) is 0 Å². The van der Waals surface area contributed by atoms with Crippen molar-refractivity contribution < 1.29 is 0 Å². The largest absolute Gasteiger partial charge is 0.309 e. The molecule has 2 heterocycles. The van der Waals surface area contributed by atoms with Gasteiger partial charge in [0.05, 0.1) is 11.7 Å². The molecule has 1 atom stereocenters. The van der Waals surface area contributed by atoms with Gasteiger partial charge in [-0.25, -0.2) is 4.98 Å². The number of nitrogens with zero attached hydrogens (tertiary/aromatic N) is 1. The lowest BCUT2D eigenvalue weighted by molar-refractivity contribution is 0.630. The molecule has 16 heavy (non-hydrogen) atoms. The molecule has 0 amide bonds. The summed E-state index contributed by atoms with van der Waals surface area (Å²) in [5.74, 6) is 3.09. The number of aromatic nitrogens is 1. The SMILES string of the molecule is CC(C)CSCc1nc(C2CCCN2)cs1. The van der Waals surface area contributed by atoms with Gasteiger partial charge < -0.3 is 5.32 Å². The predicted octanol–water partition coefficient (Wildman–Crippen LogP) is 3.46. The van der Waals surface area contributed by atoms with Crippen molar-refractivity contribution in [2.75, 3.05) is 12.3 Å². The molecule has 1 unspecified atom stereocenters. The lowest BCUT2D eigenvalue weighted by Gasteiger charge is -2.05. The molecule has 90 valence electrons. The molecule has 0 aliphatic carbocycles. The van der Waals surface area contributed by atoms with E-state index in [-0.39, 0.29) is 0 Å². The third kappa shape index (κ3) is 3.47. The Bertz CT molecular complexity index is 317. The highest BCUT2D eigenvalue weighted by molar-refractivity contribution is 7.98. The molecule has 2 rings (SSSR count). The monoisotopic (exact) mass is 256 g/mol. The van der Waals surface area contributed by atoms with Crippen LogP contribution in [0.15, 0.2) is 5.38 Å². The summed E-state index contributed by atoms with van der Waals surface area (Å²) in [6.45, 7) is 5.69. The third-order valence-electron chi connectivity index (χ3n) is 2.66. The standard InChI is InChI=1S/C12H20N2S2/c1-9(2)6-15-8-12-14-11(7-16-12)10-4-3-5-13-10/h7,9-10,13H,3-6,8H2,1-2H3. The summed E-state index contributed by atoms with van der Waals surface area (Å²) in [6.07, 6.45) is 2.54. The van der Waals surface area contributed by atoms with E-state index < -0.39 is 0 Å². The van der Waals surface area contributed by atoms with Gasteiger partial charge in [0.2, 0.25) is 0 Å². The first-order valence-corrected chi connectivity index (χ1v) is 8.04. The molecule has 1 aliphatic heterocycles. The van der Waals surface area contributed by atoms with Crippen molar-refractivity contribution in [3.63, 3.8) is 0 Å². The second-order valence-corrected chi connectivity index (χ2v) is 6.70. The molecule has 0 spiro atoms. The van der Waals surface area contributed by atoms with E-state index in [2.05, 4.69) is 24.5 Å². The zero-order chi connectivity index (χ0) is 11.4. The van der Waals surface area contributed by atoms with Crippen LogP contribution in [-0.4, -0.2) is 17.3 Å². The van der Waals surface area contributed by atoms with Crippen LogP contribution in [0.1, 0.15) is 43.4 Å². The van der Waals surface area contributed by atoms with Crippen LogP contribution in [0.3, 0.4) is 0 Å². The van der Waals surface area contributed by atoms with E-state index in [1.54, 1.807) is 0 Å². The normalized spacial score (nSPS) is 20.8. The van der Waals surface area contributed by atoms with E-state index in [4.69, 9.17) is 4.98 Å². The molecule has 1 fully saturated rings. The molecule has 1 aromatic heterocycles. The van der Waals surface area contributed by atoms with Gasteiger partial charge in [0.15, 0.2) is 0 Å². The lowest BCUT2D eigenvalue weighted by Crippen LogP contribution is -2.13. The Labute approximate surface area is 106 Å². The minimum Gasteiger partial charge on any atom is -0.309 e. The first-order valence-electron chi connectivity index (χ1n) is 6.01. The van der Waals surface area contributed by atoms with Gasteiger partial charge in [-0.15, -0.1) is 11.3 Å². The Kier molecular flexibility index (Phi) is 4.67. The number of rotatable bonds is 5. The fourth-order valence-corrected chi connectivity index (χ4v) is 3.85. The average molecular weight is 256 g/mol. The van der Waals surface area contributed by atoms with Gasteiger partial charge in [-0.05, 0) is 31.1 Å². The van der Waals surface area contributed by atoms with Crippen LogP contribution in [0.5, 0.6) is 0 Å². The van der Waals surface area contributed by atoms with E-state index in [0.717, 1.165) is 18.2 Å². The second kappa shape index (κ2) is 6.03. The quantitative estimate of drug-likeness (QED) is 0.873. The Morgan fingerprint density at radius 3 is 3.19 bits per heavy atom. The number of thioether (sulfide) groups is 1. The smallest absolute Gasteiger partial charge is 0.103 e. The number of nitrogens with one attached hydrogen (secondary N) is 1. The van der Waals surface area contributed by atoms with Crippen molar-refractivity contribution in [3.8, 4) is 0 Å². The third-order valence-corrected chi connectivity index (χ3v) is 5.09. The van der Waals surface area contributed by atoms with Crippen LogP contribution in [0, 0.1) is 5.92 Å². The number of thiazole rings is 1. The summed E-state index contributed by atoms with van der Waals surface area (Å²) in [4.78, 5) is 4.72. The van der Waals surface area contributed by atoms with Crippen LogP contribution in [0.25, 0.3) is 0 Å². The molecule has 0 radical (unpaired) electrons. The molecule has 4 heteroatoms.